The second-order valence-electron chi connectivity index (χ2n) is 2.79. The van der Waals surface area contributed by atoms with Gasteiger partial charge >= 0.3 is 0 Å². The van der Waals surface area contributed by atoms with Crippen molar-refractivity contribution in [3.8, 4) is 0 Å². The van der Waals surface area contributed by atoms with Gasteiger partial charge in [0.2, 0.25) is 0 Å². The number of hydrogen-bond donors (Lipinski definition) is 2. The van der Waals surface area contributed by atoms with Crippen molar-refractivity contribution in [1.29, 1.82) is 0 Å². The molecule has 0 amide bonds. The van der Waals surface area contributed by atoms with Crippen molar-refractivity contribution in [2.24, 2.45) is 5.73 Å². The Morgan fingerprint density at radius 2 is 2.36 bits per heavy atom. The van der Waals surface area contributed by atoms with Crippen LogP contribution in [0.25, 0.3) is 0 Å². The van der Waals surface area contributed by atoms with Crippen LogP contribution in [0.3, 0.4) is 0 Å². The van der Waals surface area contributed by atoms with Crippen LogP contribution in [-0.2, 0) is 6.42 Å². The van der Waals surface area contributed by atoms with Gasteiger partial charge < -0.3 is 5.73 Å². The van der Waals surface area contributed by atoms with Crippen molar-refractivity contribution < 1.29 is 0 Å². The van der Waals surface area contributed by atoms with E-state index in [1.165, 1.54) is 0 Å². The molecule has 62 valence electrons. The minimum absolute atomic E-state index is 0.161. The summed E-state index contributed by atoms with van der Waals surface area (Å²) in [6.45, 7) is 3.94. The number of H-pyrrole nitrogens is 1. The minimum atomic E-state index is 0.161. The highest BCUT2D eigenvalue weighted by Crippen LogP contribution is 2.18. The molecular formula is C7H12BrN3. The summed E-state index contributed by atoms with van der Waals surface area (Å²) in [5.74, 6) is 0. The lowest BCUT2D eigenvalue weighted by molar-refractivity contribution is 0.717. The number of halogens is 1. The summed E-state index contributed by atoms with van der Waals surface area (Å²) in [6, 6.07) is 0.161. The van der Waals surface area contributed by atoms with E-state index in [2.05, 4.69) is 26.1 Å². The van der Waals surface area contributed by atoms with Crippen molar-refractivity contribution in [2.75, 3.05) is 0 Å². The van der Waals surface area contributed by atoms with Gasteiger partial charge in [-0.25, -0.2) is 0 Å². The van der Waals surface area contributed by atoms with Gasteiger partial charge in [0.25, 0.3) is 0 Å². The van der Waals surface area contributed by atoms with Gasteiger partial charge in [-0.05, 0) is 29.8 Å². The first-order valence-corrected chi connectivity index (χ1v) is 4.35. The van der Waals surface area contributed by atoms with Crippen molar-refractivity contribution in [3.63, 3.8) is 0 Å². The molecule has 0 radical (unpaired) electrons. The van der Waals surface area contributed by atoms with Crippen LogP contribution < -0.4 is 5.73 Å². The second kappa shape index (κ2) is 3.36. The first-order valence-electron chi connectivity index (χ1n) is 3.56. The Hall–Kier alpha value is -0.350. The molecule has 3 nitrogen and oxygen atoms in total. The molecule has 0 spiro atoms. The minimum Gasteiger partial charge on any atom is -0.328 e. The lowest BCUT2D eigenvalue weighted by atomic mass is 10.2. The number of nitrogens with two attached hydrogens (primary N) is 1. The summed E-state index contributed by atoms with van der Waals surface area (Å²) < 4.78 is 1.05. The van der Waals surface area contributed by atoms with Crippen LogP contribution in [0.2, 0.25) is 0 Å². The highest BCUT2D eigenvalue weighted by atomic mass is 79.9. The Labute approximate surface area is 74.5 Å². The van der Waals surface area contributed by atoms with E-state index in [9.17, 15) is 0 Å². The van der Waals surface area contributed by atoms with Gasteiger partial charge in [-0.15, -0.1) is 0 Å². The topological polar surface area (TPSA) is 54.7 Å². The zero-order valence-electron chi connectivity index (χ0n) is 6.69. The molecular weight excluding hydrogens is 206 g/mol. The first kappa shape index (κ1) is 8.74. The van der Waals surface area contributed by atoms with Gasteiger partial charge in [-0.2, -0.15) is 5.10 Å². The van der Waals surface area contributed by atoms with Gasteiger partial charge in [0.1, 0.15) is 0 Å². The molecule has 4 heteroatoms. The fourth-order valence-electron chi connectivity index (χ4n) is 0.906. The van der Waals surface area contributed by atoms with Gasteiger partial charge in [0.15, 0.2) is 0 Å². The Bertz CT molecular complexity index is 242. The number of hydrogen-bond acceptors (Lipinski definition) is 2. The summed E-state index contributed by atoms with van der Waals surface area (Å²) in [4.78, 5) is 0. The van der Waals surface area contributed by atoms with E-state index >= 15 is 0 Å². The largest absolute Gasteiger partial charge is 0.328 e. The standard InChI is InChI=1S/C7H12BrN3/c1-4(9)3-6-7(8)5(2)10-11-6/h4H,3,9H2,1-2H3,(H,10,11). The monoisotopic (exact) mass is 217 g/mol. The number of aryl methyl sites for hydroxylation is 1. The number of nitrogens with one attached hydrogen (secondary N) is 1. The molecule has 1 unspecified atom stereocenters. The summed E-state index contributed by atoms with van der Waals surface area (Å²) in [5, 5.41) is 6.99. The smallest absolute Gasteiger partial charge is 0.0782 e. The molecule has 0 saturated carbocycles. The molecule has 1 rings (SSSR count). The molecule has 0 aromatic carbocycles. The molecule has 1 heterocycles. The maximum absolute atomic E-state index is 5.63. The van der Waals surface area contributed by atoms with E-state index in [1.54, 1.807) is 0 Å². The summed E-state index contributed by atoms with van der Waals surface area (Å²) in [6.07, 6.45) is 0.810. The van der Waals surface area contributed by atoms with Gasteiger partial charge in [0.05, 0.1) is 10.2 Å². The lowest BCUT2D eigenvalue weighted by Gasteiger charge is -2.00. The third kappa shape index (κ3) is 2.04. The third-order valence-electron chi connectivity index (χ3n) is 1.46. The normalized spacial score (nSPS) is 13.5. The zero-order chi connectivity index (χ0) is 8.43. The van der Waals surface area contributed by atoms with Gasteiger partial charge in [-0.1, -0.05) is 0 Å². The maximum atomic E-state index is 5.63. The van der Waals surface area contributed by atoms with E-state index in [-0.39, 0.29) is 6.04 Å². The first-order chi connectivity index (χ1) is 5.11. The second-order valence-corrected chi connectivity index (χ2v) is 3.58. The molecule has 0 fully saturated rings. The fraction of sp³-hybridized carbons (Fsp3) is 0.571. The maximum Gasteiger partial charge on any atom is 0.0782 e. The predicted molar refractivity (Wildman–Crippen MR) is 48.4 cm³/mol. The Kier molecular flexibility index (Phi) is 2.67. The van der Waals surface area contributed by atoms with Crippen LogP contribution in [0.15, 0.2) is 4.47 Å². The van der Waals surface area contributed by atoms with Gasteiger partial charge in [0, 0.05) is 18.2 Å². The van der Waals surface area contributed by atoms with E-state index in [0.29, 0.717) is 0 Å². The van der Waals surface area contributed by atoms with Crippen molar-refractivity contribution in [2.45, 2.75) is 26.3 Å². The molecule has 0 saturated heterocycles. The molecule has 0 aliphatic heterocycles. The summed E-state index contributed by atoms with van der Waals surface area (Å²) >= 11 is 3.43. The number of rotatable bonds is 2. The van der Waals surface area contributed by atoms with E-state index < -0.39 is 0 Å². The molecule has 11 heavy (non-hydrogen) atoms. The highest BCUT2D eigenvalue weighted by molar-refractivity contribution is 9.10. The third-order valence-corrected chi connectivity index (χ3v) is 2.51. The quantitative estimate of drug-likeness (QED) is 0.787. The van der Waals surface area contributed by atoms with Crippen molar-refractivity contribution in [3.05, 3.63) is 15.9 Å². The summed E-state index contributed by atoms with van der Waals surface area (Å²) in [5.41, 5.74) is 7.70. The average molecular weight is 218 g/mol. The van der Waals surface area contributed by atoms with Crippen molar-refractivity contribution in [1.82, 2.24) is 10.2 Å². The molecule has 0 aliphatic rings. The molecule has 0 aliphatic carbocycles. The van der Waals surface area contributed by atoms with Crippen LogP contribution in [0.1, 0.15) is 18.3 Å². The zero-order valence-corrected chi connectivity index (χ0v) is 8.27. The van der Waals surface area contributed by atoms with E-state index in [4.69, 9.17) is 5.73 Å². The molecule has 0 bridgehead atoms. The Morgan fingerprint density at radius 3 is 2.73 bits per heavy atom. The number of nitrogens with zero attached hydrogens (tertiary/aromatic N) is 1. The Morgan fingerprint density at radius 1 is 1.73 bits per heavy atom. The van der Waals surface area contributed by atoms with Gasteiger partial charge in [-0.3, -0.25) is 5.10 Å². The van der Waals surface area contributed by atoms with Crippen LogP contribution in [-0.4, -0.2) is 16.2 Å². The average Bonchev–Trinajstić information content (AvgIpc) is 2.18. The van der Waals surface area contributed by atoms with E-state index in [1.807, 2.05) is 13.8 Å². The SMILES string of the molecule is Cc1[nH]nc(CC(C)N)c1Br. The Balaban J connectivity index is 2.79. The number of aromatic amines is 1. The predicted octanol–water partition coefficient (Wildman–Crippen LogP) is 1.37. The molecule has 1 aromatic heterocycles. The lowest BCUT2D eigenvalue weighted by Crippen LogP contribution is -2.18. The van der Waals surface area contributed by atoms with Crippen LogP contribution in [0, 0.1) is 6.92 Å². The van der Waals surface area contributed by atoms with Crippen molar-refractivity contribution >= 4 is 15.9 Å². The number of aromatic nitrogens is 2. The molecule has 1 atom stereocenters. The van der Waals surface area contributed by atoms with Crippen LogP contribution >= 0.6 is 15.9 Å². The van der Waals surface area contributed by atoms with E-state index in [0.717, 1.165) is 22.3 Å². The molecule has 1 aromatic rings. The fourth-order valence-corrected chi connectivity index (χ4v) is 1.25. The highest BCUT2D eigenvalue weighted by Gasteiger charge is 2.07. The summed E-state index contributed by atoms with van der Waals surface area (Å²) in [7, 11) is 0. The van der Waals surface area contributed by atoms with Crippen LogP contribution in [0.5, 0.6) is 0 Å². The van der Waals surface area contributed by atoms with Crippen LogP contribution in [0.4, 0.5) is 0 Å². The molecule has 3 N–H and O–H groups in total.